The van der Waals surface area contributed by atoms with E-state index in [1.807, 2.05) is 29.1 Å². The molecule has 4 aromatic rings. The molecule has 0 saturated heterocycles. The third kappa shape index (κ3) is 2.46. The van der Waals surface area contributed by atoms with Crippen molar-refractivity contribution in [2.75, 3.05) is 5.32 Å². The van der Waals surface area contributed by atoms with Crippen LogP contribution in [-0.2, 0) is 4.79 Å². The topological polar surface area (TPSA) is 62.2 Å². The molecule has 0 spiro atoms. The van der Waals surface area contributed by atoms with Gasteiger partial charge in [-0.3, -0.25) is 4.79 Å². The summed E-state index contributed by atoms with van der Waals surface area (Å²) >= 11 is 0. The van der Waals surface area contributed by atoms with Gasteiger partial charge in [0, 0.05) is 18.6 Å². The summed E-state index contributed by atoms with van der Waals surface area (Å²) in [5, 5.41) is 2.58. The van der Waals surface area contributed by atoms with Crippen LogP contribution in [0.4, 0.5) is 5.82 Å². The van der Waals surface area contributed by atoms with E-state index in [0.29, 0.717) is 12.2 Å². The lowest BCUT2D eigenvalue weighted by molar-refractivity contribution is -0.105. The second-order valence-corrected chi connectivity index (χ2v) is 5.70. The second-order valence-electron chi connectivity index (χ2n) is 5.70. The molecule has 3 heterocycles. The minimum Gasteiger partial charge on any atom is -0.367 e. The van der Waals surface area contributed by atoms with E-state index in [1.165, 1.54) is 16.7 Å². The largest absolute Gasteiger partial charge is 0.367 e. The number of pyridine rings is 1. The Hall–Kier alpha value is -3.34. The number of aromatic amines is 1. The van der Waals surface area contributed by atoms with E-state index in [4.69, 9.17) is 0 Å². The van der Waals surface area contributed by atoms with Gasteiger partial charge in [0.1, 0.15) is 5.65 Å². The van der Waals surface area contributed by atoms with E-state index in [1.54, 1.807) is 6.20 Å². The molecular formula is C19H16N4O. The zero-order valence-corrected chi connectivity index (χ0v) is 13.2. The van der Waals surface area contributed by atoms with Crippen molar-refractivity contribution < 1.29 is 4.79 Å². The molecule has 0 fully saturated rings. The maximum absolute atomic E-state index is 10.6. The number of hydrogen-bond acceptors (Lipinski definition) is 2. The number of fused-ring (bicyclic) bond motifs is 1. The number of benzene rings is 1. The maximum Gasteiger partial charge on any atom is 0.212 e. The first-order valence-electron chi connectivity index (χ1n) is 7.68. The SMILES string of the molecule is Cc1ccc(-c2cc[nH]c2)cc1-c1ccc2nc(NC=O)cn2c1. The molecule has 2 N–H and O–H groups in total. The second kappa shape index (κ2) is 5.70. The smallest absolute Gasteiger partial charge is 0.212 e. The molecule has 5 nitrogen and oxygen atoms in total. The molecule has 0 unspecified atom stereocenters. The Morgan fingerprint density at radius 3 is 2.75 bits per heavy atom. The van der Waals surface area contributed by atoms with Crippen molar-refractivity contribution in [3.8, 4) is 22.3 Å². The third-order valence-electron chi connectivity index (χ3n) is 4.14. The first-order chi connectivity index (χ1) is 11.7. The van der Waals surface area contributed by atoms with Gasteiger partial charge >= 0.3 is 0 Å². The van der Waals surface area contributed by atoms with Gasteiger partial charge in [0.25, 0.3) is 0 Å². The number of H-pyrrole nitrogens is 1. The highest BCUT2D eigenvalue weighted by atomic mass is 16.1. The van der Waals surface area contributed by atoms with E-state index in [9.17, 15) is 4.79 Å². The van der Waals surface area contributed by atoms with Crippen LogP contribution in [0.3, 0.4) is 0 Å². The number of rotatable bonds is 4. The number of nitrogens with one attached hydrogen (secondary N) is 2. The number of imidazole rings is 1. The molecule has 0 aliphatic carbocycles. The minimum atomic E-state index is 0.542. The predicted octanol–water partition coefficient (Wildman–Crippen LogP) is 3.87. The number of anilines is 1. The number of aromatic nitrogens is 3. The molecule has 0 bridgehead atoms. The number of amides is 1. The van der Waals surface area contributed by atoms with Crippen molar-refractivity contribution in [1.82, 2.24) is 14.4 Å². The summed E-state index contributed by atoms with van der Waals surface area (Å²) < 4.78 is 1.92. The van der Waals surface area contributed by atoms with E-state index < -0.39 is 0 Å². The zero-order valence-electron chi connectivity index (χ0n) is 13.2. The zero-order chi connectivity index (χ0) is 16.5. The molecule has 118 valence electrons. The lowest BCUT2D eigenvalue weighted by Crippen LogP contribution is -1.92. The molecule has 0 aliphatic rings. The van der Waals surface area contributed by atoms with Crippen molar-refractivity contribution in [3.63, 3.8) is 0 Å². The maximum atomic E-state index is 10.6. The van der Waals surface area contributed by atoms with Crippen molar-refractivity contribution >= 4 is 17.9 Å². The van der Waals surface area contributed by atoms with Crippen molar-refractivity contribution in [1.29, 1.82) is 0 Å². The summed E-state index contributed by atoms with van der Waals surface area (Å²) in [7, 11) is 0. The summed E-state index contributed by atoms with van der Waals surface area (Å²) in [5.74, 6) is 0.542. The Morgan fingerprint density at radius 2 is 1.96 bits per heavy atom. The monoisotopic (exact) mass is 316 g/mol. The van der Waals surface area contributed by atoms with Crippen LogP contribution in [0, 0.1) is 6.92 Å². The van der Waals surface area contributed by atoms with E-state index in [2.05, 4.69) is 52.5 Å². The van der Waals surface area contributed by atoms with Crippen LogP contribution in [0.5, 0.6) is 0 Å². The lowest BCUT2D eigenvalue weighted by Gasteiger charge is -2.09. The molecule has 1 amide bonds. The fourth-order valence-electron chi connectivity index (χ4n) is 2.90. The summed E-state index contributed by atoms with van der Waals surface area (Å²) in [4.78, 5) is 18.0. The highest BCUT2D eigenvalue weighted by Crippen LogP contribution is 2.29. The molecule has 5 heteroatoms. The third-order valence-corrected chi connectivity index (χ3v) is 4.14. The van der Waals surface area contributed by atoms with E-state index in [0.717, 1.165) is 16.8 Å². The molecule has 0 saturated carbocycles. The highest BCUT2D eigenvalue weighted by molar-refractivity contribution is 5.76. The van der Waals surface area contributed by atoms with Crippen LogP contribution in [-0.4, -0.2) is 20.8 Å². The number of aryl methyl sites for hydroxylation is 1. The van der Waals surface area contributed by atoms with Gasteiger partial charge in [0.2, 0.25) is 6.41 Å². The number of carbonyl (C=O) groups is 1. The van der Waals surface area contributed by atoms with Crippen LogP contribution in [0.2, 0.25) is 0 Å². The van der Waals surface area contributed by atoms with Gasteiger partial charge in [-0.25, -0.2) is 4.98 Å². The van der Waals surface area contributed by atoms with E-state index >= 15 is 0 Å². The molecule has 3 aromatic heterocycles. The van der Waals surface area contributed by atoms with Gasteiger partial charge in [-0.05, 0) is 59.0 Å². The molecule has 4 rings (SSSR count). The van der Waals surface area contributed by atoms with E-state index in [-0.39, 0.29) is 0 Å². The molecular weight excluding hydrogens is 300 g/mol. The highest BCUT2D eigenvalue weighted by Gasteiger charge is 2.08. The summed E-state index contributed by atoms with van der Waals surface area (Å²) in [6, 6.07) is 12.5. The first-order valence-corrected chi connectivity index (χ1v) is 7.68. The van der Waals surface area contributed by atoms with Crippen LogP contribution in [0.15, 0.2) is 61.2 Å². The summed E-state index contributed by atoms with van der Waals surface area (Å²) in [5.41, 5.74) is 6.62. The summed E-state index contributed by atoms with van der Waals surface area (Å²) in [6.45, 7) is 2.10. The Bertz CT molecular complexity index is 1020. The standard InChI is InChI=1S/C19H16N4O/c1-13-2-3-14(15-6-7-20-9-15)8-17(13)16-4-5-19-22-18(21-12-24)11-23(19)10-16/h2-12,20H,1H3,(H,21,24). The van der Waals surface area contributed by atoms with Crippen molar-refractivity contribution in [2.45, 2.75) is 6.92 Å². The Balaban J connectivity index is 1.81. The molecule has 1 aromatic carbocycles. The van der Waals surface area contributed by atoms with Gasteiger partial charge < -0.3 is 14.7 Å². The lowest BCUT2D eigenvalue weighted by atomic mass is 9.97. The van der Waals surface area contributed by atoms with Gasteiger partial charge in [-0.2, -0.15) is 0 Å². The number of hydrogen-bond donors (Lipinski definition) is 2. The van der Waals surface area contributed by atoms with Crippen LogP contribution >= 0.6 is 0 Å². The molecule has 0 radical (unpaired) electrons. The molecule has 0 aliphatic heterocycles. The van der Waals surface area contributed by atoms with Crippen LogP contribution in [0.25, 0.3) is 27.9 Å². The predicted molar refractivity (Wildman–Crippen MR) is 94.8 cm³/mol. The van der Waals surface area contributed by atoms with Gasteiger partial charge in [0.15, 0.2) is 5.82 Å². The first kappa shape index (κ1) is 14.3. The number of carbonyl (C=O) groups excluding carboxylic acids is 1. The average molecular weight is 316 g/mol. The molecule has 0 atom stereocenters. The fourth-order valence-corrected chi connectivity index (χ4v) is 2.90. The van der Waals surface area contributed by atoms with Crippen LogP contribution in [0.1, 0.15) is 5.56 Å². The Kier molecular flexibility index (Phi) is 3.39. The molecule has 24 heavy (non-hydrogen) atoms. The quantitative estimate of drug-likeness (QED) is 0.561. The summed E-state index contributed by atoms with van der Waals surface area (Å²) in [6.07, 6.45) is 8.38. The van der Waals surface area contributed by atoms with Crippen molar-refractivity contribution in [3.05, 3.63) is 66.7 Å². The average Bonchev–Trinajstić information content (AvgIpc) is 3.24. The minimum absolute atomic E-state index is 0.542. The number of nitrogens with zero attached hydrogens (tertiary/aromatic N) is 2. The fraction of sp³-hybridized carbons (Fsp3) is 0.0526. The Labute approximate surface area is 139 Å². The van der Waals surface area contributed by atoms with Crippen LogP contribution < -0.4 is 5.32 Å². The van der Waals surface area contributed by atoms with Crippen molar-refractivity contribution in [2.24, 2.45) is 0 Å². The Morgan fingerprint density at radius 1 is 1.08 bits per heavy atom. The normalized spacial score (nSPS) is 10.9. The van der Waals surface area contributed by atoms with Gasteiger partial charge in [-0.15, -0.1) is 0 Å². The van der Waals surface area contributed by atoms with Gasteiger partial charge in [0.05, 0.1) is 6.20 Å². The van der Waals surface area contributed by atoms with Gasteiger partial charge in [-0.1, -0.05) is 12.1 Å².